The molecule has 0 aromatic heterocycles. The van der Waals surface area contributed by atoms with Gasteiger partial charge in [0.25, 0.3) is 10.0 Å². The fourth-order valence-corrected chi connectivity index (χ4v) is 6.45. The van der Waals surface area contributed by atoms with Crippen molar-refractivity contribution in [2.45, 2.75) is 63.1 Å². The highest BCUT2D eigenvalue weighted by atomic mass is 79.9. The van der Waals surface area contributed by atoms with Gasteiger partial charge in [-0.05, 0) is 68.7 Å². The lowest BCUT2D eigenvalue weighted by atomic mass is 10.1. The Morgan fingerprint density at radius 2 is 1.62 bits per heavy atom. The molecule has 0 heterocycles. The molecule has 0 unspecified atom stereocenters. The molecule has 10 heteroatoms. The van der Waals surface area contributed by atoms with E-state index >= 15 is 4.39 Å². The van der Waals surface area contributed by atoms with Gasteiger partial charge in [0.2, 0.25) is 11.8 Å². The maximum Gasteiger partial charge on any atom is 0.264 e. The van der Waals surface area contributed by atoms with Crippen LogP contribution in [0.5, 0.6) is 0 Å². The van der Waals surface area contributed by atoms with Crippen molar-refractivity contribution in [2.75, 3.05) is 10.8 Å². The van der Waals surface area contributed by atoms with Crippen LogP contribution in [0.3, 0.4) is 0 Å². The number of carbonyl (C=O) groups excluding carboxylic acids is 2. The minimum Gasteiger partial charge on any atom is -0.352 e. The summed E-state index contributed by atoms with van der Waals surface area (Å²) in [6, 6.07) is 18.0. The number of hydrogen-bond donors (Lipinski definition) is 1. The molecule has 0 saturated heterocycles. The molecule has 3 aromatic carbocycles. The van der Waals surface area contributed by atoms with Crippen LogP contribution in [0.15, 0.2) is 82.2 Å². The summed E-state index contributed by atoms with van der Waals surface area (Å²) in [5.41, 5.74) is 1.37. The van der Waals surface area contributed by atoms with E-state index < -0.39 is 34.3 Å². The maximum atomic E-state index is 15.0. The summed E-state index contributed by atoms with van der Waals surface area (Å²) in [5, 5.41) is 3.03. The van der Waals surface area contributed by atoms with Crippen molar-refractivity contribution in [2.24, 2.45) is 0 Å². The van der Waals surface area contributed by atoms with Gasteiger partial charge in [0.15, 0.2) is 0 Å². The highest BCUT2D eigenvalue weighted by molar-refractivity contribution is 9.10. The quantitative estimate of drug-likeness (QED) is 0.318. The molecule has 0 bridgehead atoms. The fraction of sp³-hybridized carbons (Fsp3) is 0.333. The van der Waals surface area contributed by atoms with E-state index in [4.69, 9.17) is 0 Å². The Morgan fingerprint density at radius 3 is 2.25 bits per heavy atom. The SMILES string of the molecule is Cc1ccc(S(=O)(=O)N(CC(=O)N(Cc2ccc(Br)cc2)[C@H](C)C(=O)NC2CCCC2)c2ccccc2F)cc1. The zero-order chi connectivity index (χ0) is 28.9. The summed E-state index contributed by atoms with van der Waals surface area (Å²) in [4.78, 5) is 28.5. The predicted octanol–water partition coefficient (Wildman–Crippen LogP) is 5.57. The number of sulfonamides is 1. The van der Waals surface area contributed by atoms with Crippen molar-refractivity contribution >= 4 is 43.5 Å². The number of benzene rings is 3. The predicted molar refractivity (Wildman–Crippen MR) is 157 cm³/mol. The van der Waals surface area contributed by atoms with Gasteiger partial charge in [0, 0.05) is 17.1 Å². The number of nitrogens with one attached hydrogen (secondary N) is 1. The molecular formula is C30H33BrFN3O4S. The number of amides is 2. The molecule has 1 aliphatic carbocycles. The molecule has 4 rings (SSSR count). The number of carbonyl (C=O) groups is 2. The Kier molecular flexibility index (Phi) is 9.63. The van der Waals surface area contributed by atoms with E-state index in [0.29, 0.717) is 0 Å². The first-order valence-corrected chi connectivity index (χ1v) is 15.5. The van der Waals surface area contributed by atoms with Crippen molar-refractivity contribution in [1.29, 1.82) is 0 Å². The second kappa shape index (κ2) is 13.0. The number of hydrogen-bond acceptors (Lipinski definition) is 4. The van der Waals surface area contributed by atoms with Gasteiger partial charge in [-0.3, -0.25) is 13.9 Å². The number of nitrogens with zero attached hydrogens (tertiary/aromatic N) is 2. The van der Waals surface area contributed by atoms with Crippen LogP contribution in [0.25, 0.3) is 0 Å². The van der Waals surface area contributed by atoms with Crippen LogP contribution in [0, 0.1) is 12.7 Å². The van der Waals surface area contributed by atoms with Crippen LogP contribution in [0.1, 0.15) is 43.7 Å². The minimum absolute atomic E-state index is 0.0522. The van der Waals surface area contributed by atoms with Crippen molar-refractivity contribution in [1.82, 2.24) is 10.2 Å². The monoisotopic (exact) mass is 629 g/mol. The van der Waals surface area contributed by atoms with Crippen LogP contribution in [0.4, 0.5) is 10.1 Å². The lowest BCUT2D eigenvalue weighted by Gasteiger charge is -2.32. The molecule has 1 aliphatic rings. The number of rotatable bonds is 10. The van der Waals surface area contributed by atoms with Crippen molar-refractivity contribution < 1.29 is 22.4 Å². The third-order valence-corrected chi connectivity index (χ3v) is 9.45. The van der Waals surface area contributed by atoms with Gasteiger partial charge in [-0.2, -0.15) is 0 Å². The summed E-state index contributed by atoms with van der Waals surface area (Å²) in [5.74, 6) is -1.72. The molecule has 212 valence electrons. The van der Waals surface area contributed by atoms with E-state index in [-0.39, 0.29) is 29.1 Å². The van der Waals surface area contributed by atoms with Gasteiger partial charge >= 0.3 is 0 Å². The molecule has 1 atom stereocenters. The highest BCUT2D eigenvalue weighted by Crippen LogP contribution is 2.27. The van der Waals surface area contributed by atoms with Gasteiger partial charge in [0.05, 0.1) is 10.6 Å². The Morgan fingerprint density at radius 1 is 1.00 bits per heavy atom. The Labute approximate surface area is 243 Å². The van der Waals surface area contributed by atoms with Gasteiger partial charge < -0.3 is 10.2 Å². The number of aryl methyl sites for hydroxylation is 1. The van der Waals surface area contributed by atoms with E-state index in [1.54, 1.807) is 19.1 Å². The van der Waals surface area contributed by atoms with E-state index in [0.717, 1.165) is 51.7 Å². The molecule has 7 nitrogen and oxygen atoms in total. The molecule has 0 aliphatic heterocycles. The zero-order valence-electron chi connectivity index (χ0n) is 22.5. The van der Waals surface area contributed by atoms with Gasteiger partial charge in [-0.25, -0.2) is 12.8 Å². The van der Waals surface area contributed by atoms with Gasteiger partial charge in [0.1, 0.15) is 18.4 Å². The Hall–Kier alpha value is -3.24. The third kappa shape index (κ3) is 7.09. The van der Waals surface area contributed by atoms with E-state index in [9.17, 15) is 18.0 Å². The standard InChI is InChI=1S/C30H33BrFN3O4S/c1-21-11-17-26(18-12-21)40(38,39)35(28-10-6-5-9-27(28)32)20-29(36)34(19-23-13-15-24(31)16-14-23)22(2)30(37)33-25-7-3-4-8-25/h5-6,9-18,22,25H,3-4,7-8,19-20H2,1-2H3,(H,33,37)/t22-/m1/s1. The number of anilines is 1. The molecule has 3 aromatic rings. The average molecular weight is 631 g/mol. The highest BCUT2D eigenvalue weighted by Gasteiger charge is 2.34. The molecule has 1 fully saturated rings. The summed E-state index contributed by atoms with van der Waals surface area (Å²) in [6.45, 7) is 2.84. The summed E-state index contributed by atoms with van der Waals surface area (Å²) in [7, 11) is -4.33. The number of para-hydroxylation sites is 1. The van der Waals surface area contributed by atoms with Gasteiger partial charge in [-0.1, -0.05) is 70.7 Å². The van der Waals surface area contributed by atoms with Crippen LogP contribution in [0.2, 0.25) is 0 Å². The second-order valence-corrected chi connectivity index (χ2v) is 12.9. The first-order valence-electron chi connectivity index (χ1n) is 13.2. The molecule has 2 amide bonds. The fourth-order valence-electron chi connectivity index (χ4n) is 4.77. The van der Waals surface area contributed by atoms with Crippen molar-refractivity contribution in [3.05, 3.63) is 94.2 Å². The van der Waals surface area contributed by atoms with Crippen LogP contribution >= 0.6 is 15.9 Å². The Bertz CT molecular complexity index is 1440. The van der Waals surface area contributed by atoms with Crippen molar-refractivity contribution in [3.63, 3.8) is 0 Å². The summed E-state index contributed by atoms with van der Waals surface area (Å²) < 4.78 is 44.2. The van der Waals surface area contributed by atoms with E-state index in [1.165, 1.54) is 35.2 Å². The summed E-state index contributed by atoms with van der Waals surface area (Å²) in [6.07, 6.45) is 3.84. The molecule has 0 spiro atoms. The number of halogens is 2. The topological polar surface area (TPSA) is 86.8 Å². The largest absolute Gasteiger partial charge is 0.352 e. The lowest BCUT2D eigenvalue weighted by molar-refractivity contribution is -0.139. The summed E-state index contributed by atoms with van der Waals surface area (Å²) >= 11 is 3.40. The zero-order valence-corrected chi connectivity index (χ0v) is 24.9. The van der Waals surface area contributed by atoms with Crippen LogP contribution in [-0.4, -0.2) is 43.8 Å². The maximum absolute atomic E-state index is 15.0. The van der Waals surface area contributed by atoms with Crippen molar-refractivity contribution in [3.8, 4) is 0 Å². The van der Waals surface area contributed by atoms with Crippen LogP contribution < -0.4 is 9.62 Å². The molecule has 1 saturated carbocycles. The van der Waals surface area contributed by atoms with Crippen LogP contribution in [-0.2, 0) is 26.2 Å². The molecule has 0 radical (unpaired) electrons. The van der Waals surface area contributed by atoms with E-state index in [2.05, 4.69) is 21.2 Å². The first-order chi connectivity index (χ1) is 19.1. The molecule has 40 heavy (non-hydrogen) atoms. The van der Waals surface area contributed by atoms with E-state index in [1.807, 2.05) is 31.2 Å². The second-order valence-electron chi connectivity index (χ2n) is 10.1. The average Bonchev–Trinajstić information content (AvgIpc) is 3.44. The molecular weight excluding hydrogens is 597 g/mol. The normalized spacial score (nSPS) is 14.5. The minimum atomic E-state index is -4.33. The Balaban J connectivity index is 1.69. The first kappa shape index (κ1) is 29.7. The van der Waals surface area contributed by atoms with Gasteiger partial charge in [-0.15, -0.1) is 0 Å². The third-order valence-electron chi connectivity index (χ3n) is 7.14. The lowest BCUT2D eigenvalue weighted by Crippen LogP contribution is -2.52. The molecule has 1 N–H and O–H groups in total. The smallest absolute Gasteiger partial charge is 0.264 e.